The van der Waals surface area contributed by atoms with Crippen LogP contribution in [0.4, 0.5) is 4.39 Å². The van der Waals surface area contributed by atoms with Crippen LogP contribution in [-0.4, -0.2) is 5.78 Å². The molecule has 19 heavy (non-hydrogen) atoms. The summed E-state index contributed by atoms with van der Waals surface area (Å²) >= 11 is 0. The summed E-state index contributed by atoms with van der Waals surface area (Å²) in [6.07, 6.45) is 3.55. The van der Waals surface area contributed by atoms with E-state index >= 15 is 0 Å². The zero-order chi connectivity index (χ0) is 13.2. The Morgan fingerprint density at radius 3 is 2.53 bits per heavy atom. The van der Waals surface area contributed by atoms with Crippen molar-refractivity contribution in [2.75, 3.05) is 0 Å². The topological polar surface area (TPSA) is 17.1 Å². The van der Waals surface area contributed by atoms with Crippen LogP contribution in [-0.2, 0) is 6.42 Å². The Labute approximate surface area is 112 Å². The minimum absolute atomic E-state index is 0.186. The summed E-state index contributed by atoms with van der Waals surface area (Å²) < 4.78 is 13.8. The summed E-state index contributed by atoms with van der Waals surface area (Å²) in [6.45, 7) is 0. The lowest BCUT2D eigenvalue weighted by Crippen LogP contribution is -2.00. The van der Waals surface area contributed by atoms with Crippen molar-refractivity contribution in [3.63, 3.8) is 0 Å². The van der Waals surface area contributed by atoms with Crippen LogP contribution in [0, 0.1) is 5.82 Å². The van der Waals surface area contributed by atoms with Gasteiger partial charge in [-0.3, -0.25) is 4.79 Å². The summed E-state index contributed by atoms with van der Waals surface area (Å²) in [4.78, 5) is 12.1. The smallest absolute Gasteiger partial charge is 0.163 e. The fourth-order valence-electron chi connectivity index (χ4n) is 2.65. The number of rotatable bonds is 1. The second-order valence-corrected chi connectivity index (χ2v) is 4.98. The summed E-state index contributed by atoms with van der Waals surface area (Å²) in [5.74, 6) is -0.0609. The molecule has 0 radical (unpaired) electrons. The molecule has 0 fully saturated rings. The van der Waals surface area contributed by atoms with Crippen molar-refractivity contribution in [1.29, 1.82) is 0 Å². The molecule has 0 amide bonds. The first kappa shape index (κ1) is 12.1. The number of ketones is 1. The van der Waals surface area contributed by atoms with Crippen molar-refractivity contribution in [2.24, 2.45) is 0 Å². The Morgan fingerprint density at radius 1 is 0.895 bits per heavy atom. The van der Waals surface area contributed by atoms with Gasteiger partial charge < -0.3 is 0 Å². The van der Waals surface area contributed by atoms with Crippen molar-refractivity contribution >= 4 is 5.78 Å². The molecule has 0 N–H and O–H groups in total. The second kappa shape index (κ2) is 4.96. The predicted molar refractivity (Wildman–Crippen MR) is 73.7 cm³/mol. The Balaban J connectivity index is 2.11. The molecule has 0 bridgehead atoms. The van der Waals surface area contributed by atoms with Crippen LogP contribution in [0.5, 0.6) is 0 Å². The van der Waals surface area contributed by atoms with Gasteiger partial charge in [0.1, 0.15) is 5.82 Å². The molecule has 1 aliphatic carbocycles. The third kappa shape index (κ3) is 2.30. The SMILES string of the molecule is O=C1CCCCc2ccc(-c3ccccc3F)cc21. The van der Waals surface area contributed by atoms with E-state index in [1.54, 1.807) is 12.1 Å². The molecule has 96 valence electrons. The quantitative estimate of drug-likeness (QED) is 0.689. The zero-order valence-corrected chi connectivity index (χ0v) is 10.7. The average molecular weight is 254 g/mol. The number of benzene rings is 2. The highest BCUT2D eigenvalue weighted by atomic mass is 19.1. The summed E-state index contributed by atoms with van der Waals surface area (Å²) in [5, 5.41) is 0. The van der Waals surface area contributed by atoms with Crippen LogP contribution in [0.2, 0.25) is 0 Å². The maximum absolute atomic E-state index is 13.8. The van der Waals surface area contributed by atoms with E-state index in [0.29, 0.717) is 12.0 Å². The molecule has 0 aromatic heterocycles. The molecule has 2 heteroatoms. The van der Waals surface area contributed by atoms with Crippen LogP contribution < -0.4 is 0 Å². The number of carbonyl (C=O) groups excluding carboxylic acids is 1. The van der Waals surface area contributed by atoms with E-state index in [2.05, 4.69) is 0 Å². The molecule has 0 saturated carbocycles. The molecule has 0 heterocycles. The van der Waals surface area contributed by atoms with E-state index in [-0.39, 0.29) is 11.6 Å². The van der Waals surface area contributed by atoms with Crippen molar-refractivity contribution in [2.45, 2.75) is 25.7 Å². The van der Waals surface area contributed by atoms with E-state index < -0.39 is 0 Å². The van der Waals surface area contributed by atoms with E-state index in [1.165, 1.54) is 6.07 Å². The molecular formula is C17H15FO. The summed E-state index contributed by atoms with van der Waals surface area (Å²) in [6, 6.07) is 12.4. The highest BCUT2D eigenvalue weighted by molar-refractivity contribution is 5.99. The lowest BCUT2D eigenvalue weighted by atomic mass is 9.96. The van der Waals surface area contributed by atoms with Gasteiger partial charge in [0, 0.05) is 17.5 Å². The maximum Gasteiger partial charge on any atom is 0.163 e. The Hall–Kier alpha value is -1.96. The first-order valence-corrected chi connectivity index (χ1v) is 6.67. The van der Waals surface area contributed by atoms with Gasteiger partial charge in [0.25, 0.3) is 0 Å². The molecule has 1 aliphatic rings. The van der Waals surface area contributed by atoms with Gasteiger partial charge in [-0.25, -0.2) is 4.39 Å². The number of hydrogen-bond acceptors (Lipinski definition) is 1. The fraction of sp³-hybridized carbons (Fsp3) is 0.235. The van der Waals surface area contributed by atoms with E-state index in [4.69, 9.17) is 0 Å². The van der Waals surface area contributed by atoms with E-state index in [1.807, 2.05) is 24.3 Å². The molecule has 3 rings (SSSR count). The number of aryl methyl sites for hydroxylation is 1. The van der Waals surface area contributed by atoms with Crippen molar-refractivity contribution in [3.8, 4) is 11.1 Å². The largest absolute Gasteiger partial charge is 0.294 e. The standard InChI is InChI=1S/C17H15FO/c18-16-7-3-2-6-14(16)13-10-9-12-5-1-4-8-17(19)15(12)11-13/h2-3,6-7,9-11H,1,4-5,8H2. The minimum atomic E-state index is -0.247. The van der Waals surface area contributed by atoms with Crippen molar-refractivity contribution in [3.05, 3.63) is 59.4 Å². The van der Waals surface area contributed by atoms with E-state index in [0.717, 1.165) is 36.0 Å². The fourth-order valence-corrected chi connectivity index (χ4v) is 2.65. The number of carbonyl (C=O) groups is 1. The molecule has 2 aromatic rings. The van der Waals surface area contributed by atoms with Gasteiger partial charge in [-0.05, 0) is 42.5 Å². The van der Waals surface area contributed by atoms with Gasteiger partial charge in [-0.1, -0.05) is 30.3 Å². The summed E-state index contributed by atoms with van der Waals surface area (Å²) in [5.41, 5.74) is 3.22. The lowest BCUT2D eigenvalue weighted by molar-refractivity contribution is 0.0982. The monoisotopic (exact) mass is 254 g/mol. The van der Waals surface area contributed by atoms with Crippen LogP contribution in [0.1, 0.15) is 35.2 Å². The first-order chi connectivity index (χ1) is 9.25. The lowest BCUT2D eigenvalue weighted by Gasteiger charge is -2.09. The first-order valence-electron chi connectivity index (χ1n) is 6.67. The second-order valence-electron chi connectivity index (χ2n) is 4.98. The molecule has 0 spiro atoms. The van der Waals surface area contributed by atoms with Gasteiger partial charge in [0.2, 0.25) is 0 Å². The summed E-state index contributed by atoms with van der Waals surface area (Å²) in [7, 11) is 0. The minimum Gasteiger partial charge on any atom is -0.294 e. The Bertz CT molecular complexity index is 631. The maximum atomic E-state index is 13.8. The molecule has 0 atom stereocenters. The average Bonchev–Trinajstić information content (AvgIpc) is 2.61. The van der Waals surface area contributed by atoms with Crippen LogP contribution in [0.15, 0.2) is 42.5 Å². The molecule has 2 aromatic carbocycles. The third-order valence-electron chi connectivity index (χ3n) is 3.70. The normalized spacial score (nSPS) is 14.9. The Morgan fingerprint density at radius 2 is 1.68 bits per heavy atom. The molecule has 0 aliphatic heterocycles. The van der Waals surface area contributed by atoms with Gasteiger partial charge in [-0.2, -0.15) is 0 Å². The molecule has 1 nitrogen and oxygen atoms in total. The number of hydrogen-bond donors (Lipinski definition) is 0. The van der Waals surface area contributed by atoms with Crippen LogP contribution in [0.3, 0.4) is 0 Å². The molecule has 0 unspecified atom stereocenters. The van der Waals surface area contributed by atoms with E-state index in [9.17, 15) is 9.18 Å². The zero-order valence-electron chi connectivity index (χ0n) is 10.7. The van der Waals surface area contributed by atoms with Crippen molar-refractivity contribution in [1.82, 2.24) is 0 Å². The molecule has 0 saturated heterocycles. The number of fused-ring (bicyclic) bond motifs is 1. The predicted octanol–water partition coefficient (Wildman–Crippen LogP) is 4.40. The highest BCUT2D eigenvalue weighted by Crippen LogP contribution is 2.28. The van der Waals surface area contributed by atoms with Gasteiger partial charge >= 0.3 is 0 Å². The Kier molecular flexibility index (Phi) is 3.16. The third-order valence-corrected chi connectivity index (χ3v) is 3.70. The number of halogens is 1. The van der Waals surface area contributed by atoms with Gasteiger partial charge in [-0.15, -0.1) is 0 Å². The molecular weight excluding hydrogens is 239 g/mol. The number of Topliss-reactive ketones (excluding diaryl/α,β-unsaturated/α-hetero) is 1. The van der Waals surface area contributed by atoms with Crippen LogP contribution >= 0.6 is 0 Å². The van der Waals surface area contributed by atoms with Gasteiger partial charge in [0.05, 0.1) is 0 Å². The van der Waals surface area contributed by atoms with Crippen LogP contribution in [0.25, 0.3) is 11.1 Å². The van der Waals surface area contributed by atoms with Gasteiger partial charge in [0.15, 0.2) is 5.78 Å². The highest BCUT2D eigenvalue weighted by Gasteiger charge is 2.16. The van der Waals surface area contributed by atoms with Crippen molar-refractivity contribution < 1.29 is 9.18 Å².